The third kappa shape index (κ3) is 3.19. The summed E-state index contributed by atoms with van der Waals surface area (Å²) < 4.78 is 163. The normalized spacial score (nSPS) is 17.5. The standard InChI is InChI=1S/C8H3F13O3/c9-1-3(2(22)23,6(14,15)16)24-8(20,21)5(12,13)4(10,11)7(17,18)19/h1H2,(H,22,23). The van der Waals surface area contributed by atoms with Crippen LogP contribution in [0.5, 0.6) is 0 Å². The summed E-state index contributed by atoms with van der Waals surface area (Å²) >= 11 is 0. The first kappa shape index (κ1) is 22.5. The minimum atomic E-state index is -7.71. The predicted molar refractivity (Wildman–Crippen MR) is 44.4 cm³/mol. The van der Waals surface area contributed by atoms with Gasteiger partial charge in [0.05, 0.1) is 0 Å². The van der Waals surface area contributed by atoms with Crippen LogP contribution in [0.2, 0.25) is 0 Å². The number of carboxylic acid groups (broad SMARTS) is 1. The summed E-state index contributed by atoms with van der Waals surface area (Å²) in [6, 6.07) is 0. The molecule has 0 heterocycles. The van der Waals surface area contributed by atoms with Crippen molar-refractivity contribution in [1.29, 1.82) is 0 Å². The lowest BCUT2D eigenvalue weighted by molar-refractivity contribution is -0.470. The fourth-order valence-corrected chi connectivity index (χ4v) is 1.03. The average Bonchev–Trinajstić information content (AvgIpc) is 2.31. The zero-order chi connectivity index (χ0) is 20.0. The number of hydrogen-bond acceptors (Lipinski definition) is 2. The highest BCUT2D eigenvalue weighted by molar-refractivity contribution is 5.79. The van der Waals surface area contributed by atoms with E-state index in [0.29, 0.717) is 0 Å². The first-order chi connectivity index (χ1) is 10.2. The zero-order valence-corrected chi connectivity index (χ0v) is 10.4. The molecule has 0 aromatic carbocycles. The van der Waals surface area contributed by atoms with Crippen molar-refractivity contribution in [2.75, 3.05) is 6.67 Å². The van der Waals surface area contributed by atoms with E-state index < -0.39 is 48.6 Å². The molecule has 1 N–H and O–H groups in total. The molecule has 24 heavy (non-hydrogen) atoms. The van der Waals surface area contributed by atoms with E-state index in [2.05, 4.69) is 0 Å². The maximum atomic E-state index is 12.9. The van der Waals surface area contributed by atoms with Crippen LogP contribution < -0.4 is 0 Å². The van der Waals surface area contributed by atoms with Crippen molar-refractivity contribution in [3.8, 4) is 0 Å². The highest BCUT2D eigenvalue weighted by Crippen LogP contribution is 2.55. The Hall–Kier alpha value is -1.48. The summed E-state index contributed by atoms with van der Waals surface area (Å²) in [5.74, 6) is -19.1. The third-order valence-corrected chi connectivity index (χ3v) is 2.41. The number of halogens is 13. The maximum absolute atomic E-state index is 12.9. The van der Waals surface area contributed by atoms with Crippen LogP contribution in [0.25, 0.3) is 0 Å². The van der Waals surface area contributed by atoms with Crippen LogP contribution in [-0.4, -0.2) is 53.7 Å². The lowest BCUT2D eigenvalue weighted by atomic mass is 10.0. The summed E-state index contributed by atoms with van der Waals surface area (Å²) in [7, 11) is 0. The molecule has 0 aliphatic heterocycles. The molecule has 0 amide bonds. The van der Waals surface area contributed by atoms with Crippen LogP contribution >= 0.6 is 0 Å². The molecule has 0 saturated heterocycles. The predicted octanol–water partition coefficient (Wildman–Crippen LogP) is 3.78. The first-order valence-corrected chi connectivity index (χ1v) is 4.97. The molecular formula is C8H3F13O3. The van der Waals surface area contributed by atoms with Crippen LogP contribution in [-0.2, 0) is 9.53 Å². The van der Waals surface area contributed by atoms with Gasteiger partial charge in [0.15, 0.2) is 0 Å². The number of hydrogen-bond donors (Lipinski definition) is 1. The van der Waals surface area contributed by atoms with Gasteiger partial charge in [0.1, 0.15) is 6.67 Å². The van der Waals surface area contributed by atoms with Gasteiger partial charge in [-0.3, -0.25) is 4.74 Å². The van der Waals surface area contributed by atoms with Gasteiger partial charge in [0, 0.05) is 0 Å². The molecule has 0 aromatic heterocycles. The Balaban J connectivity index is 6.21. The summed E-state index contributed by atoms with van der Waals surface area (Å²) in [4.78, 5) is 10.3. The zero-order valence-electron chi connectivity index (χ0n) is 10.4. The van der Waals surface area contributed by atoms with Crippen molar-refractivity contribution < 1.29 is 71.7 Å². The van der Waals surface area contributed by atoms with E-state index in [-0.39, 0.29) is 0 Å². The van der Waals surface area contributed by atoms with Gasteiger partial charge < -0.3 is 5.11 Å². The largest absolute Gasteiger partial charge is 0.479 e. The molecule has 0 aliphatic carbocycles. The molecule has 0 saturated carbocycles. The second kappa shape index (κ2) is 5.80. The van der Waals surface area contributed by atoms with Crippen LogP contribution in [0.3, 0.4) is 0 Å². The number of ether oxygens (including phenoxy) is 1. The highest BCUT2D eigenvalue weighted by atomic mass is 19.4. The number of alkyl halides is 13. The molecule has 16 heteroatoms. The fourth-order valence-electron chi connectivity index (χ4n) is 1.03. The average molecular weight is 394 g/mol. The lowest BCUT2D eigenvalue weighted by Gasteiger charge is -2.37. The van der Waals surface area contributed by atoms with Gasteiger partial charge in [0.2, 0.25) is 0 Å². The van der Waals surface area contributed by atoms with Crippen molar-refractivity contribution in [2.45, 2.75) is 35.9 Å². The Bertz CT molecular complexity index is 479. The molecule has 0 spiro atoms. The SMILES string of the molecule is O=C(O)C(CF)(OC(F)(F)C(F)(F)C(F)(F)C(F)(F)F)C(F)(F)F. The van der Waals surface area contributed by atoms with E-state index in [1.807, 2.05) is 4.74 Å². The van der Waals surface area contributed by atoms with E-state index in [0.717, 1.165) is 0 Å². The van der Waals surface area contributed by atoms with Crippen molar-refractivity contribution in [2.24, 2.45) is 0 Å². The minimum Gasteiger partial charge on any atom is -0.479 e. The van der Waals surface area contributed by atoms with Gasteiger partial charge in [-0.05, 0) is 0 Å². The van der Waals surface area contributed by atoms with E-state index in [1.165, 1.54) is 0 Å². The molecule has 0 aromatic rings. The number of aliphatic carboxylic acids is 1. The van der Waals surface area contributed by atoms with Gasteiger partial charge in [0.25, 0.3) is 5.60 Å². The summed E-state index contributed by atoms with van der Waals surface area (Å²) in [6.45, 7) is -3.53. The second-order valence-corrected chi connectivity index (χ2v) is 4.03. The van der Waals surface area contributed by atoms with Crippen LogP contribution in [0.1, 0.15) is 0 Å². The van der Waals surface area contributed by atoms with Crippen LogP contribution in [0.15, 0.2) is 0 Å². The van der Waals surface area contributed by atoms with Crippen molar-refractivity contribution in [3.63, 3.8) is 0 Å². The second-order valence-electron chi connectivity index (χ2n) is 4.03. The van der Waals surface area contributed by atoms with Crippen LogP contribution in [0, 0.1) is 0 Å². The van der Waals surface area contributed by atoms with Gasteiger partial charge in [-0.25, -0.2) is 9.18 Å². The molecule has 0 rings (SSSR count). The molecule has 1 unspecified atom stereocenters. The van der Waals surface area contributed by atoms with Crippen molar-refractivity contribution >= 4 is 5.97 Å². The molecule has 0 aliphatic rings. The van der Waals surface area contributed by atoms with Crippen molar-refractivity contribution in [3.05, 3.63) is 0 Å². The number of carboxylic acids is 1. The Morgan fingerprint density at radius 1 is 0.750 bits per heavy atom. The van der Waals surface area contributed by atoms with E-state index in [9.17, 15) is 61.9 Å². The quantitative estimate of drug-likeness (QED) is 0.698. The Labute approximate surface area is 122 Å². The Morgan fingerprint density at radius 3 is 1.33 bits per heavy atom. The molecule has 0 fully saturated rings. The van der Waals surface area contributed by atoms with Gasteiger partial charge in [-0.1, -0.05) is 0 Å². The molecular weight excluding hydrogens is 391 g/mol. The molecule has 0 radical (unpaired) electrons. The van der Waals surface area contributed by atoms with Crippen LogP contribution in [0.4, 0.5) is 57.1 Å². The molecule has 3 nitrogen and oxygen atoms in total. The van der Waals surface area contributed by atoms with Gasteiger partial charge in [-0.2, -0.15) is 52.7 Å². The highest BCUT2D eigenvalue weighted by Gasteiger charge is 2.85. The first-order valence-electron chi connectivity index (χ1n) is 4.97. The smallest absolute Gasteiger partial charge is 0.460 e. The third-order valence-electron chi connectivity index (χ3n) is 2.41. The van der Waals surface area contributed by atoms with Crippen molar-refractivity contribution in [1.82, 2.24) is 0 Å². The lowest BCUT2D eigenvalue weighted by Crippen LogP contribution is -2.67. The molecule has 144 valence electrons. The topological polar surface area (TPSA) is 46.5 Å². The van der Waals surface area contributed by atoms with Gasteiger partial charge >= 0.3 is 36.3 Å². The summed E-state index contributed by atoms with van der Waals surface area (Å²) in [5, 5.41) is 8.08. The number of carbonyl (C=O) groups is 1. The van der Waals surface area contributed by atoms with E-state index >= 15 is 0 Å². The number of rotatable bonds is 6. The Morgan fingerprint density at radius 2 is 1.12 bits per heavy atom. The van der Waals surface area contributed by atoms with Gasteiger partial charge in [-0.15, -0.1) is 0 Å². The summed E-state index contributed by atoms with van der Waals surface area (Å²) in [5.41, 5.74) is -5.82. The van der Waals surface area contributed by atoms with E-state index in [1.54, 1.807) is 0 Å². The Kier molecular flexibility index (Phi) is 5.44. The minimum absolute atomic E-state index is 1.98. The maximum Gasteiger partial charge on any atom is 0.460 e. The molecule has 1 atom stereocenters. The summed E-state index contributed by atoms with van der Waals surface area (Å²) in [6.07, 6.45) is -21.5. The monoisotopic (exact) mass is 394 g/mol. The fraction of sp³-hybridized carbons (Fsp3) is 0.875. The molecule has 0 bridgehead atoms. The van der Waals surface area contributed by atoms with E-state index in [4.69, 9.17) is 5.11 Å².